The lowest BCUT2D eigenvalue weighted by Crippen LogP contribution is -2.52. The number of anilines is 3. The highest BCUT2D eigenvalue weighted by atomic mass is 16.6. The topological polar surface area (TPSA) is 119 Å². The number of amides is 1. The van der Waals surface area contributed by atoms with Crippen LogP contribution >= 0.6 is 0 Å². The van der Waals surface area contributed by atoms with E-state index in [0.717, 1.165) is 68.5 Å². The van der Waals surface area contributed by atoms with Gasteiger partial charge in [0.25, 0.3) is 0 Å². The lowest BCUT2D eigenvalue weighted by molar-refractivity contribution is -0.140. The van der Waals surface area contributed by atoms with Gasteiger partial charge in [0, 0.05) is 90.2 Å². The zero-order chi connectivity index (χ0) is 34.0. The highest BCUT2D eigenvalue weighted by Crippen LogP contribution is 2.22. The molecule has 4 rings (SSSR count). The number of aliphatic hydroxyl groups excluding tert-OH is 1. The molecule has 1 fully saturated rings. The summed E-state index contributed by atoms with van der Waals surface area (Å²) >= 11 is 0. The van der Waals surface area contributed by atoms with Crippen LogP contribution in [-0.4, -0.2) is 119 Å². The first-order chi connectivity index (χ1) is 22.4. The Morgan fingerprint density at radius 3 is 2.51 bits per heavy atom. The van der Waals surface area contributed by atoms with Crippen molar-refractivity contribution in [2.45, 2.75) is 65.5 Å². The monoisotopic (exact) mass is 648 g/mol. The molecule has 0 radical (unpaired) electrons. The summed E-state index contributed by atoms with van der Waals surface area (Å²) in [6.07, 6.45) is 3.29. The van der Waals surface area contributed by atoms with Gasteiger partial charge in [-0.1, -0.05) is 12.1 Å². The van der Waals surface area contributed by atoms with Crippen LogP contribution in [0.5, 0.6) is 0 Å². The molecule has 0 saturated carbocycles. The van der Waals surface area contributed by atoms with Crippen molar-refractivity contribution < 1.29 is 19.4 Å². The minimum Gasteiger partial charge on any atom is -0.444 e. The fourth-order valence-corrected chi connectivity index (χ4v) is 5.39. The number of aliphatic hydroxyl groups is 1. The van der Waals surface area contributed by atoms with Gasteiger partial charge in [-0.3, -0.25) is 9.80 Å². The maximum Gasteiger partial charge on any atom is 0.410 e. The maximum absolute atomic E-state index is 12.2. The van der Waals surface area contributed by atoms with E-state index < -0.39 is 11.9 Å². The van der Waals surface area contributed by atoms with Crippen LogP contribution in [0.2, 0.25) is 0 Å². The summed E-state index contributed by atoms with van der Waals surface area (Å²) in [5.41, 5.74) is 3.31. The quantitative estimate of drug-likeness (QED) is 0.234. The third-order valence-corrected chi connectivity index (χ3v) is 8.10. The summed E-state index contributed by atoms with van der Waals surface area (Å²) in [7, 11) is 3.75. The number of carbonyl (C=O) groups is 1. The lowest BCUT2D eigenvalue weighted by Gasteiger charge is -2.39. The second-order valence-corrected chi connectivity index (χ2v) is 13.1. The van der Waals surface area contributed by atoms with Crippen LogP contribution in [-0.2, 0) is 16.0 Å². The van der Waals surface area contributed by atoms with Crippen molar-refractivity contribution in [3.63, 3.8) is 0 Å². The highest BCUT2D eigenvalue weighted by molar-refractivity contribution is 5.67. The lowest BCUT2D eigenvalue weighted by atomic mass is 10.1. The number of hydrogen-bond acceptors (Lipinski definition) is 11. The number of nitrogens with zero attached hydrogens (tertiary/aromatic N) is 7. The molecule has 256 valence electrons. The van der Waals surface area contributed by atoms with Gasteiger partial charge in [-0.25, -0.2) is 19.7 Å². The molecule has 2 unspecified atom stereocenters. The van der Waals surface area contributed by atoms with Crippen molar-refractivity contribution in [3.8, 4) is 11.3 Å². The number of benzene rings is 1. The summed E-state index contributed by atoms with van der Waals surface area (Å²) in [6, 6.07) is 14.2. The molecule has 2 atom stereocenters. The zero-order valence-electron chi connectivity index (χ0n) is 29.0. The molecule has 3 heterocycles. The van der Waals surface area contributed by atoms with Gasteiger partial charge >= 0.3 is 6.09 Å². The van der Waals surface area contributed by atoms with Gasteiger partial charge in [-0.15, -0.1) is 0 Å². The molecule has 12 nitrogen and oxygen atoms in total. The number of nitrogens with one attached hydrogen (secondary N) is 1. The summed E-state index contributed by atoms with van der Waals surface area (Å²) < 4.78 is 10.8. The number of ether oxygens (including phenoxy) is 2. The Morgan fingerprint density at radius 2 is 1.83 bits per heavy atom. The summed E-state index contributed by atoms with van der Waals surface area (Å²) in [5.74, 6) is 1.36. The molecular formula is C35H52N8O4. The Bertz CT molecular complexity index is 1410. The average Bonchev–Trinajstić information content (AvgIpc) is 3.04. The van der Waals surface area contributed by atoms with Gasteiger partial charge in [0.1, 0.15) is 11.4 Å². The second kappa shape index (κ2) is 16.8. The third-order valence-electron chi connectivity index (χ3n) is 8.10. The molecule has 0 aliphatic carbocycles. The van der Waals surface area contributed by atoms with E-state index in [2.05, 4.69) is 42.1 Å². The fourth-order valence-electron chi connectivity index (χ4n) is 5.39. The number of rotatable bonds is 14. The van der Waals surface area contributed by atoms with Crippen LogP contribution in [0.25, 0.3) is 11.3 Å². The van der Waals surface area contributed by atoms with E-state index in [1.54, 1.807) is 18.1 Å². The molecule has 1 saturated heterocycles. The van der Waals surface area contributed by atoms with Crippen molar-refractivity contribution in [1.82, 2.24) is 29.7 Å². The van der Waals surface area contributed by atoms with Gasteiger partial charge in [0.15, 0.2) is 6.29 Å². The molecule has 0 spiro atoms. The molecule has 1 aliphatic heterocycles. The summed E-state index contributed by atoms with van der Waals surface area (Å²) in [4.78, 5) is 34.5. The summed E-state index contributed by atoms with van der Waals surface area (Å²) in [5, 5.41) is 13.6. The SMILES string of the molecule is CCOC(O)C(C)N1CCN(Cc2cccc(Nc3nccc(-c4ccc(N(C)CCCN(C)C(=O)OC(C)(C)C)nc4)n3)c2)CC1. The molecule has 1 aromatic carbocycles. The molecule has 1 aliphatic rings. The van der Waals surface area contributed by atoms with E-state index in [-0.39, 0.29) is 12.1 Å². The Hall–Kier alpha value is -3.84. The maximum atomic E-state index is 12.2. The Kier molecular flexibility index (Phi) is 12.9. The predicted octanol–water partition coefficient (Wildman–Crippen LogP) is 4.84. The smallest absolute Gasteiger partial charge is 0.410 e. The third kappa shape index (κ3) is 11.1. The molecule has 2 N–H and O–H groups in total. The molecule has 1 amide bonds. The van der Waals surface area contributed by atoms with E-state index in [4.69, 9.17) is 14.5 Å². The first kappa shape index (κ1) is 36.0. The van der Waals surface area contributed by atoms with Crippen molar-refractivity contribution >= 4 is 23.5 Å². The van der Waals surface area contributed by atoms with Crippen molar-refractivity contribution in [1.29, 1.82) is 0 Å². The average molecular weight is 649 g/mol. The van der Waals surface area contributed by atoms with Gasteiger partial charge < -0.3 is 29.7 Å². The predicted molar refractivity (Wildman–Crippen MR) is 186 cm³/mol. The van der Waals surface area contributed by atoms with Gasteiger partial charge in [0.2, 0.25) is 5.95 Å². The fraction of sp³-hybridized carbons (Fsp3) is 0.543. The standard InChI is InChI=1S/C35H52N8O4/c1-8-46-32(44)26(2)43-21-19-42(20-22-43)25-27-11-9-12-29(23-27)38-33-36-16-15-30(39-33)28-13-14-31(37-24-28)40(6)17-10-18-41(7)34(45)47-35(3,4)5/h9,11-16,23-24,26,32,44H,8,10,17-22,25H2,1-7H3,(H,36,38,39). The number of piperazine rings is 1. The van der Waals surface area contributed by atoms with E-state index >= 15 is 0 Å². The van der Waals surface area contributed by atoms with Crippen LogP contribution in [0.1, 0.15) is 46.6 Å². The van der Waals surface area contributed by atoms with E-state index in [9.17, 15) is 9.90 Å². The number of aromatic nitrogens is 3. The molecule has 12 heteroatoms. The molecule has 47 heavy (non-hydrogen) atoms. The van der Waals surface area contributed by atoms with Crippen LogP contribution in [0.3, 0.4) is 0 Å². The van der Waals surface area contributed by atoms with E-state index in [0.29, 0.717) is 19.1 Å². The minimum atomic E-state index is -0.755. The minimum absolute atomic E-state index is 0.0218. The molecular weight excluding hydrogens is 596 g/mol. The van der Waals surface area contributed by atoms with Crippen molar-refractivity contribution in [3.05, 3.63) is 60.4 Å². The number of pyridine rings is 1. The van der Waals surface area contributed by atoms with Gasteiger partial charge in [-0.05, 0) is 76.9 Å². The van der Waals surface area contributed by atoms with Crippen molar-refractivity contribution in [2.75, 3.05) is 70.2 Å². The molecule has 3 aromatic rings. The Balaban J connectivity index is 1.27. The Labute approximate surface area is 279 Å². The normalized spacial score (nSPS) is 15.6. The van der Waals surface area contributed by atoms with Crippen LogP contribution in [0.15, 0.2) is 54.9 Å². The second-order valence-electron chi connectivity index (χ2n) is 13.1. The first-order valence-electron chi connectivity index (χ1n) is 16.5. The summed E-state index contributed by atoms with van der Waals surface area (Å²) in [6.45, 7) is 15.9. The Morgan fingerprint density at radius 1 is 1.06 bits per heavy atom. The van der Waals surface area contributed by atoms with Crippen LogP contribution < -0.4 is 10.2 Å². The highest BCUT2D eigenvalue weighted by Gasteiger charge is 2.26. The van der Waals surface area contributed by atoms with E-state index in [1.165, 1.54) is 5.56 Å². The van der Waals surface area contributed by atoms with Crippen LogP contribution in [0.4, 0.5) is 22.2 Å². The van der Waals surface area contributed by atoms with E-state index in [1.807, 2.05) is 78.2 Å². The number of hydrogen-bond donors (Lipinski definition) is 2. The zero-order valence-corrected chi connectivity index (χ0v) is 29.0. The molecule has 2 aromatic heterocycles. The largest absolute Gasteiger partial charge is 0.444 e. The van der Waals surface area contributed by atoms with Gasteiger partial charge in [-0.2, -0.15) is 0 Å². The molecule has 0 bridgehead atoms. The number of carbonyl (C=O) groups excluding carboxylic acids is 1. The van der Waals surface area contributed by atoms with Gasteiger partial charge in [0.05, 0.1) is 11.7 Å². The first-order valence-corrected chi connectivity index (χ1v) is 16.5. The van der Waals surface area contributed by atoms with Crippen LogP contribution in [0, 0.1) is 0 Å². The van der Waals surface area contributed by atoms with Crippen molar-refractivity contribution in [2.24, 2.45) is 0 Å².